The lowest BCUT2D eigenvalue weighted by Crippen LogP contribution is -2.44. The third-order valence-electron chi connectivity index (χ3n) is 2.42. The highest BCUT2D eigenvalue weighted by molar-refractivity contribution is 5.74. The Kier molecular flexibility index (Phi) is 2.69. The van der Waals surface area contributed by atoms with Crippen LogP contribution in [0.15, 0.2) is 0 Å². The molecule has 70 valence electrons. The molecule has 0 aromatic rings. The molecule has 4 nitrogen and oxygen atoms in total. The minimum absolute atomic E-state index is 0.0981. The fourth-order valence-corrected chi connectivity index (χ4v) is 1.54. The minimum Gasteiger partial charge on any atom is -0.389 e. The summed E-state index contributed by atoms with van der Waals surface area (Å²) < 4.78 is 0. The lowest BCUT2D eigenvalue weighted by atomic mass is 9.88. The van der Waals surface area contributed by atoms with E-state index >= 15 is 0 Å². The van der Waals surface area contributed by atoms with Crippen LogP contribution in [0, 0.1) is 0 Å². The molecular weight excluding hydrogens is 156 g/mol. The van der Waals surface area contributed by atoms with Crippen molar-refractivity contribution >= 4 is 5.91 Å². The molecule has 0 aliphatic carbocycles. The molecule has 0 atom stereocenters. The highest BCUT2D eigenvalue weighted by Crippen LogP contribution is 2.24. The maximum atomic E-state index is 10.6. The Labute approximate surface area is 72.3 Å². The maximum absolute atomic E-state index is 10.6. The predicted octanol–water partition coefficient (Wildman–Crippen LogP) is -0.681. The first kappa shape index (κ1) is 9.48. The van der Waals surface area contributed by atoms with Gasteiger partial charge in [0.2, 0.25) is 5.91 Å². The zero-order valence-corrected chi connectivity index (χ0v) is 7.42. The second kappa shape index (κ2) is 3.41. The van der Waals surface area contributed by atoms with Gasteiger partial charge >= 0.3 is 0 Å². The second-order valence-corrected chi connectivity index (χ2v) is 3.67. The average Bonchev–Trinajstić information content (AvgIpc) is 1.94. The van der Waals surface area contributed by atoms with E-state index in [1.165, 1.54) is 0 Å². The Balaban J connectivity index is 2.44. The number of nitrogens with two attached hydrogens (primary N) is 1. The van der Waals surface area contributed by atoms with E-state index in [2.05, 4.69) is 4.90 Å². The zero-order valence-electron chi connectivity index (χ0n) is 7.42. The molecule has 0 unspecified atom stereocenters. The smallest absolute Gasteiger partial charge is 0.220 e. The van der Waals surface area contributed by atoms with E-state index in [4.69, 9.17) is 5.73 Å². The molecule has 1 aliphatic rings. The van der Waals surface area contributed by atoms with Crippen molar-refractivity contribution in [2.75, 3.05) is 20.1 Å². The van der Waals surface area contributed by atoms with Crippen molar-refractivity contribution in [1.29, 1.82) is 0 Å². The summed E-state index contributed by atoms with van der Waals surface area (Å²) in [5.41, 5.74) is 4.20. The number of piperidine rings is 1. The van der Waals surface area contributed by atoms with Crippen LogP contribution in [0.3, 0.4) is 0 Å². The number of likely N-dealkylation sites (tertiary alicyclic amines) is 1. The SMILES string of the molecule is CN1CCC(O)(CC(N)=O)CC1. The third-order valence-corrected chi connectivity index (χ3v) is 2.42. The highest BCUT2D eigenvalue weighted by atomic mass is 16.3. The number of nitrogens with zero attached hydrogens (tertiary/aromatic N) is 1. The number of primary amides is 1. The van der Waals surface area contributed by atoms with E-state index < -0.39 is 11.5 Å². The third kappa shape index (κ3) is 2.46. The van der Waals surface area contributed by atoms with Crippen molar-refractivity contribution in [3.05, 3.63) is 0 Å². The fourth-order valence-electron chi connectivity index (χ4n) is 1.54. The van der Waals surface area contributed by atoms with Gasteiger partial charge in [0.25, 0.3) is 0 Å². The lowest BCUT2D eigenvalue weighted by Gasteiger charge is -2.35. The van der Waals surface area contributed by atoms with E-state index in [-0.39, 0.29) is 6.42 Å². The molecule has 1 heterocycles. The Morgan fingerprint density at radius 3 is 2.50 bits per heavy atom. The van der Waals surface area contributed by atoms with Crippen molar-refractivity contribution in [2.24, 2.45) is 5.73 Å². The van der Waals surface area contributed by atoms with E-state index in [1.807, 2.05) is 7.05 Å². The quantitative estimate of drug-likeness (QED) is 0.580. The van der Waals surface area contributed by atoms with E-state index in [0.29, 0.717) is 12.8 Å². The summed E-state index contributed by atoms with van der Waals surface area (Å²) in [4.78, 5) is 12.7. The molecule has 1 fully saturated rings. The maximum Gasteiger partial charge on any atom is 0.220 e. The molecule has 0 spiro atoms. The molecule has 1 saturated heterocycles. The number of hydrogen-bond donors (Lipinski definition) is 2. The van der Waals surface area contributed by atoms with Gasteiger partial charge in [0.1, 0.15) is 0 Å². The van der Waals surface area contributed by atoms with Gasteiger partial charge < -0.3 is 15.7 Å². The van der Waals surface area contributed by atoms with Crippen LogP contribution in [0.4, 0.5) is 0 Å². The second-order valence-electron chi connectivity index (χ2n) is 3.67. The van der Waals surface area contributed by atoms with Crippen molar-refractivity contribution < 1.29 is 9.90 Å². The molecule has 1 amide bonds. The normalized spacial score (nSPS) is 23.8. The number of aliphatic hydroxyl groups is 1. The van der Waals surface area contributed by atoms with Crippen LogP contribution in [0.5, 0.6) is 0 Å². The van der Waals surface area contributed by atoms with Crippen molar-refractivity contribution in [1.82, 2.24) is 4.90 Å². The van der Waals surface area contributed by atoms with Gasteiger partial charge in [0, 0.05) is 13.1 Å². The fraction of sp³-hybridized carbons (Fsp3) is 0.875. The molecule has 0 aromatic heterocycles. The first-order valence-corrected chi connectivity index (χ1v) is 4.21. The van der Waals surface area contributed by atoms with Crippen molar-refractivity contribution in [3.63, 3.8) is 0 Å². The van der Waals surface area contributed by atoms with Gasteiger partial charge in [-0.25, -0.2) is 0 Å². The Morgan fingerprint density at radius 2 is 2.08 bits per heavy atom. The topological polar surface area (TPSA) is 66.6 Å². The van der Waals surface area contributed by atoms with Crippen LogP contribution in [0.2, 0.25) is 0 Å². The van der Waals surface area contributed by atoms with Crippen LogP contribution < -0.4 is 5.73 Å². The molecule has 0 saturated carbocycles. The lowest BCUT2D eigenvalue weighted by molar-refractivity contribution is -0.124. The predicted molar refractivity (Wildman–Crippen MR) is 45.5 cm³/mol. The summed E-state index contributed by atoms with van der Waals surface area (Å²) >= 11 is 0. The average molecular weight is 172 g/mol. The van der Waals surface area contributed by atoms with Crippen molar-refractivity contribution in [3.8, 4) is 0 Å². The summed E-state index contributed by atoms with van der Waals surface area (Å²) in [5, 5.41) is 9.83. The summed E-state index contributed by atoms with van der Waals surface area (Å²) in [5.74, 6) is -0.415. The molecule has 1 aliphatic heterocycles. The number of hydrogen-bond acceptors (Lipinski definition) is 3. The molecule has 12 heavy (non-hydrogen) atoms. The number of amides is 1. The molecule has 3 N–H and O–H groups in total. The van der Waals surface area contributed by atoms with E-state index in [0.717, 1.165) is 13.1 Å². The van der Waals surface area contributed by atoms with Gasteiger partial charge in [-0.1, -0.05) is 0 Å². The monoisotopic (exact) mass is 172 g/mol. The molecule has 0 radical (unpaired) electrons. The summed E-state index contributed by atoms with van der Waals surface area (Å²) in [6.07, 6.45) is 1.39. The summed E-state index contributed by atoms with van der Waals surface area (Å²) in [6.45, 7) is 1.67. The zero-order chi connectivity index (χ0) is 9.19. The van der Waals surface area contributed by atoms with Gasteiger partial charge in [-0.15, -0.1) is 0 Å². The Morgan fingerprint density at radius 1 is 1.58 bits per heavy atom. The summed E-state index contributed by atoms with van der Waals surface area (Å²) in [6, 6.07) is 0. The van der Waals surface area contributed by atoms with Crippen LogP contribution in [0.25, 0.3) is 0 Å². The first-order valence-electron chi connectivity index (χ1n) is 4.21. The van der Waals surface area contributed by atoms with Crippen LogP contribution in [-0.4, -0.2) is 41.7 Å². The molecule has 4 heteroatoms. The van der Waals surface area contributed by atoms with E-state index in [1.54, 1.807) is 0 Å². The summed E-state index contributed by atoms with van der Waals surface area (Å²) in [7, 11) is 2.00. The Bertz CT molecular complexity index is 174. The largest absolute Gasteiger partial charge is 0.389 e. The van der Waals surface area contributed by atoms with Crippen LogP contribution in [-0.2, 0) is 4.79 Å². The first-order chi connectivity index (χ1) is 5.52. The van der Waals surface area contributed by atoms with Gasteiger partial charge in [-0.3, -0.25) is 4.79 Å². The molecule has 1 rings (SSSR count). The standard InChI is InChI=1S/C8H16N2O2/c1-10-4-2-8(12,3-5-10)6-7(9)11/h12H,2-6H2,1H3,(H2,9,11). The van der Waals surface area contributed by atoms with Gasteiger partial charge in [-0.2, -0.15) is 0 Å². The van der Waals surface area contributed by atoms with Gasteiger partial charge in [0.15, 0.2) is 0 Å². The van der Waals surface area contributed by atoms with Crippen LogP contribution >= 0.6 is 0 Å². The number of carbonyl (C=O) groups excluding carboxylic acids is 1. The van der Waals surface area contributed by atoms with Gasteiger partial charge in [0.05, 0.1) is 12.0 Å². The minimum atomic E-state index is -0.835. The molecule has 0 aromatic carbocycles. The highest BCUT2D eigenvalue weighted by Gasteiger charge is 2.32. The van der Waals surface area contributed by atoms with E-state index in [9.17, 15) is 9.90 Å². The Hall–Kier alpha value is -0.610. The van der Waals surface area contributed by atoms with Gasteiger partial charge in [-0.05, 0) is 19.9 Å². The number of rotatable bonds is 2. The number of carbonyl (C=O) groups is 1. The molecule has 0 bridgehead atoms. The van der Waals surface area contributed by atoms with Crippen molar-refractivity contribution in [2.45, 2.75) is 24.9 Å². The molecular formula is C8H16N2O2. The van der Waals surface area contributed by atoms with Crippen LogP contribution in [0.1, 0.15) is 19.3 Å².